The van der Waals surface area contributed by atoms with E-state index >= 15 is 0 Å². The van der Waals surface area contributed by atoms with Crippen LogP contribution in [-0.2, 0) is 24.1 Å². The van der Waals surface area contributed by atoms with Crippen LogP contribution in [0.2, 0.25) is 5.02 Å². The molecule has 0 fully saturated rings. The number of hydrogen-bond acceptors (Lipinski definition) is 3. The SMILES string of the molecule is Cc1ccccc1S(=O)(=O)Nc1cc2c(cc1Cl)n(C)c(=O)n2C. The average Bonchev–Trinajstić information content (AvgIpc) is 2.72. The molecule has 0 aliphatic rings. The molecule has 0 aliphatic heterocycles. The zero-order chi connectivity index (χ0) is 17.6. The highest BCUT2D eigenvalue weighted by molar-refractivity contribution is 7.92. The van der Waals surface area contributed by atoms with Crippen molar-refractivity contribution in [1.82, 2.24) is 9.13 Å². The fraction of sp³-hybridized carbons (Fsp3) is 0.188. The van der Waals surface area contributed by atoms with Crippen LogP contribution in [0.3, 0.4) is 0 Å². The number of rotatable bonds is 3. The molecule has 126 valence electrons. The van der Waals surface area contributed by atoms with Crippen molar-refractivity contribution in [3.8, 4) is 0 Å². The Labute approximate surface area is 144 Å². The maximum absolute atomic E-state index is 12.6. The third-order valence-electron chi connectivity index (χ3n) is 3.99. The summed E-state index contributed by atoms with van der Waals surface area (Å²) in [7, 11) is -0.520. The van der Waals surface area contributed by atoms with E-state index in [1.54, 1.807) is 51.4 Å². The van der Waals surface area contributed by atoms with E-state index in [-0.39, 0.29) is 21.3 Å². The fourth-order valence-corrected chi connectivity index (χ4v) is 4.23. The second-order valence-electron chi connectivity index (χ2n) is 5.59. The Balaban J connectivity index is 2.14. The summed E-state index contributed by atoms with van der Waals surface area (Å²) >= 11 is 6.22. The van der Waals surface area contributed by atoms with Gasteiger partial charge < -0.3 is 0 Å². The molecule has 0 bridgehead atoms. The van der Waals surface area contributed by atoms with Gasteiger partial charge in [0.2, 0.25) is 0 Å². The fourth-order valence-electron chi connectivity index (χ4n) is 2.66. The molecule has 0 amide bonds. The summed E-state index contributed by atoms with van der Waals surface area (Å²) in [6, 6.07) is 9.83. The van der Waals surface area contributed by atoms with E-state index in [4.69, 9.17) is 11.6 Å². The van der Waals surface area contributed by atoms with Gasteiger partial charge in [0.05, 0.1) is 26.6 Å². The molecule has 2 aromatic carbocycles. The number of anilines is 1. The first-order valence-corrected chi connectivity index (χ1v) is 9.02. The minimum atomic E-state index is -3.78. The molecular formula is C16H16ClN3O3S. The second-order valence-corrected chi connectivity index (χ2v) is 7.65. The average molecular weight is 366 g/mol. The highest BCUT2D eigenvalue weighted by Crippen LogP contribution is 2.29. The van der Waals surface area contributed by atoms with Gasteiger partial charge in [0.15, 0.2) is 0 Å². The van der Waals surface area contributed by atoms with Gasteiger partial charge in [0, 0.05) is 14.1 Å². The third-order valence-corrected chi connectivity index (χ3v) is 5.83. The van der Waals surface area contributed by atoms with Crippen molar-refractivity contribution in [3.05, 3.63) is 57.5 Å². The van der Waals surface area contributed by atoms with E-state index < -0.39 is 10.0 Å². The molecule has 24 heavy (non-hydrogen) atoms. The summed E-state index contributed by atoms with van der Waals surface area (Å²) in [5, 5.41) is 0.223. The molecule has 0 unspecified atom stereocenters. The zero-order valence-corrected chi connectivity index (χ0v) is 14.9. The number of hydrogen-bond donors (Lipinski definition) is 1. The summed E-state index contributed by atoms with van der Waals surface area (Å²) in [6.45, 7) is 1.72. The number of sulfonamides is 1. The summed E-state index contributed by atoms with van der Waals surface area (Å²) in [6.07, 6.45) is 0. The highest BCUT2D eigenvalue weighted by atomic mass is 35.5. The number of aryl methyl sites for hydroxylation is 3. The summed E-state index contributed by atoms with van der Waals surface area (Å²) in [5.74, 6) is 0. The third kappa shape index (κ3) is 2.59. The number of halogens is 1. The van der Waals surface area contributed by atoms with Gasteiger partial charge in [0.1, 0.15) is 0 Å². The van der Waals surface area contributed by atoms with Crippen LogP contribution < -0.4 is 10.4 Å². The van der Waals surface area contributed by atoms with Crippen LogP contribution in [0.5, 0.6) is 0 Å². The van der Waals surface area contributed by atoms with Crippen molar-refractivity contribution in [2.45, 2.75) is 11.8 Å². The van der Waals surface area contributed by atoms with Crippen molar-refractivity contribution < 1.29 is 8.42 Å². The Morgan fingerprint density at radius 2 is 1.62 bits per heavy atom. The molecule has 0 spiro atoms. The van der Waals surface area contributed by atoms with Crippen molar-refractivity contribution in [2.24, 2.45) is 14.1 Å². The number of fused-ring (bicyclic) bond motifs is 1. The Morgan fingerprint density at radius 1 is 1.04 bits per heavy atom. The molecule has 1 N–H and O–H groups in total. The Bertz CT molecular complexity index is 1110. The quantitative estimate of drug-likeness (QED) is 0.775. The van der Waals surface area contributed by atoms with Crippen LogP contribution in [0.15, 0.2) is 46.1 Å². The Morgan fingerprint density at radius 3 is 2.25 bits per heavy atom. The van der Waals surface area contributed by atoms with E-state index in [1.807, 2.05) is 0 Å². The maximum Gasteiger partial charge on any atom is 0.328 e. The molecule has 1 aromatic heterocycles. The van der Waals surface area contributed by atoms with Crippen molar-refractivity contribution in [2.75, 3.05) is 4.72 Å². The molecule has 6 nitrogen and oxygen atoms in total. The van der Waals surface area contributed by atoms with Gasteiger partial charge >= 0.3 is 5.69 Å². The predicted molar refractivity (Wildman–Crippen MR) is 95.2 cm³/mol. The molecule has 0 saturated carbocycles. The normalized spacial score (nSPS) is 11.8. The maximum atomic E-state index is 12.6. The molecule has 3 rings (SSSR count). The van der Waals surface area contributed by atoms with Crippen LogP contribution in [0.25, 0.3) is 11.0 Å². The van der Waals surface area contributed by atoms with Crippen LogP contribution in [0, 0.1) is 6.92 Å². The summed E-state index contributed by atoms with van der Waals surface area (Å²) in [4.78, 5) is 12.2. The first-order chi connectivity index (χ1) is 11.2. The monoisotopic (exact) mass is 365 g/mol. The van der Waals surface area contributed by atoms with Crippen molar-refractivity contribution >= 4 is 38.3 Å². The van der Waals surface area contributed by atoms with Gasteiger partial charge in [0.25, 0.3) is 10.0 Å². The number of nitrogens with one attached hydrogen (secondary N) is 1. The smallest absolute Gasteiger partial charge is 0.295 e. The van der Waals surface area contributed by atoms with Gasteiger partial charge in [-0.1, -0.05) is 29.8 Å². The highest BCUT2D eigenvalue weighted by Gasteiger charge is 2.19. The van der Waals surface area contributed by atoms with E-state index in [2.05, 4.69) is 4.72 Å². The first kappa shape index (κ1) is 16.6. The number of nitrogens with zero attached hydrogens (tertiary/aromatic N) is 2. The van der Waals surface area contributed by atoms with Gasteiger partial charge in [-0.05, 0) is 30.7 Å². The number of aromatic nitrogens is 2. The minimum absolute atomic E-state index is 0.183. The summed E-state index contributed by atoms with van der Waals surface area (Å²) < 4.78 is 30.7. The lowest BCUT2D eigenvalue weighted by molar-refractivity contribution is 0.600. The molecule has 8 heteroatoms. The van der Waals surface area contributed by atoms with E-state index in [9.17, 15) is 13.2 Å². The van der Waals surface area contributed by atoms with Crippen molar-refractivity contribution in [3.63, 3.8) is 0 Å². The molecule has 0 atom stereocenters. The van der Waals surface area contributed by atoms with Gasteiger partial charge in [-0.2, -0.15) is 0 Å². The lowest BCUT2D eigenvalue weighted by atomic mass is 10.2. The predicted octanol–water partition coefficient (Wildman–Crippen LogP) is 2.64. The molecule has 3 aromatic rings. The second kappa shape index (κ2) is 5.68. The molecule has 0 aliphatic carbocycles. The van der Waals surface area contributed by atoms with Gasteiger partial charge in [-0.25, -0.2) is 13.2 Å². The molecule has 0 radical (unpaired) electrons. The summed E-state index contributed by atoms with van der Waals surface area (Å²) in [5.41, 5.74) is 1.88. The standard InChI is InChI=1S/C16H16ClN3O3S/c1-10-6-4-5-7-15(10)24(22,23)18-12-9-14-13(8-11(12)17)19(2)16(21)20(14)3/h4-9,18H,1-3H3. The van der Waals surface area contributed by atoms with Crippen LogP contribution in [-0.4, -0.2) is 17.6 Å². The van der Waals surface area contributed by atoms with Gasteiger partial charge in [-0.3, -0.25) is 13.9 Å². The molecular weight excluding hydrogens is 350 g/mol. The van der Waals surface area contributed by atoms with Crippen LogP contribution in [0.4, 0.5) is 5.69 Å². The first-order valence-electron chi connectivity index (χ1n) is 7.16. The topological polar surface area (TPSA) is 73.1 Å². The number of imidazole rings is 1. The number of benzene rings is 2. The van der Waals surface area contributed by atoms with Crippen molar-refractivity contribution in [1.29, 1.82) is 0 Å². The van der Waals surface area contributed by atoms with Crippen LogP contribution >= 0.6 is 11.6 Å². The molecule has 1 heterocycles. The van der Waals surface area contributed by atoms with E-state index in [0.717, 1.165) is 0 Å². The minimum Gasteiger partial charge on any atom is -0.295 e. The Kier molecular flexibility index (Phi) is 3.93. The lowest BCUT2D eigenvalue weighted by Crippen LogP contribution is -2.19. The van der Waals surface area contributed by atoms with Crippen LogP contribution in [0.1, 0.15) is 5.56 Å². The lowest BCUT2D eigenvalue weighted by Gasteiger charge is -2.12. The van der Waals surface area contributed by atoms with E-state index in [0.29, 0.717) is 16.6 Å². The largest absolute Gasteiger partial charge is 0.328 e. The van der Waals surface area contributed by atoms with Gasteiger partial charge in [-0.15, -0.1) is 0 Å². The molecule has 0 saturated heterocycles. The Hall–Kier alpha value is -2.25. The zero-order valence-electron chi connectivity index (χ0n) is 13.4. The van der Waals surface area contributed by atoms with E-state index in [1.165, 1.54) is 15.2 Å².